The number of carbonyl (C=O) groups is 1. The summed E-state index contributed by atoms with van der Waals surface area (Å²) in [6.45, 7) is 1.53. The average Bonchev–Trinajstić information content (AvgIpc) is 2.80. The fraction of sp³-hybridized carbons (Fsp3) is 0.0769. The Hall–Kier alpha value is -2.16. The highest BCUT2D eigenvalue weighted by atomic mass is 16.1. The van der Waals surface area contributed by atoms with Crippen molar-refractivity contribution in [3.63, 3.8) is 0 Å². The predicted octanol–water partition coefficient (Wildman–Crippen LogP) is 2.47. The number of carbonyl (C=O) groups excluding carboxylic acids is 1. The largest absolute Gasteiger partial charge is 0.295 e. The Balaban J connectivity index is 2.42. The molecule has 0 spiro atoms. The number of ketones is 1. The summed E-state index contributed by atoms with van der Waals surface area (Å²) in [4.78, 5) is 10.9. The van der Waals surface area contributed by atoms with Crippen LogP contribution in [0.3, 0.4) is 0 Å². The maximum atomic E-state index is 10.9. The van der Waals surface area contributed by atoms with E-state index in [1.807, 2.05) is 36.5 Å². The van der Waals surface area contributed by atoms with Gasteiger partial charge < -0.3 is 0 Å². The van der Waals surface area contributed by atoms with Crippen molar-refractivity contribution in [3.05, 3.63) is 54.4 Å². The number of allylic oxidation sites excluding steroid dienone is 1. The summed E-state index contributed by atoms with van der Waals surface area (Å²) >= 11 is 0. The molecular weight excluding hydrogens is 200 g/mol. The van der Waals surface area contributed by atoms with E-state index in [0.29, 0.717) is 0 Å². The Morgan fingerprint density at radius 2 is 2.12 bits per heavy atom. The van der Waals surface area contributed by atoms with Gasteiger partial charge in [-0.3, -0.25) is 4.79 Å². The van der Waals surface area contributed by atoms with Crippen LogP contribution in [0.15, 0.2) is 48.8 Å². The Kier molecular flexibility index (Phi) is 2.96. The van der Waals surface area contributed by atoms with Gasteiger partial charge in [0, 0.05) is 18.0 Å². The predicted molar refractivity (Wildman–Crippen MR) is 63.3 cm³/mol. The molecule has 1 aromatic carbocycles. The molecular formula is C13H12N2O. The summed E-state index contributed by atoms with van der Waals surface area (Å²) in [6.07, 6.45) is 6.97. The second kappa shape index (κ2) is 4.57. The van der Waals surface area contributed by atoms with E-state index >= 15 is 0 Å². The topological polar surface area (TPSA) is 34.9 Å². The van der Waals surface area contributed by atoms with Gasteiger partial charge in [-0.1, -0.05) is 18.2 Å². The quantitative estimate of drug-likeness (QED) is 0.732. The van der Waals surface area contributed by atoms with Crippen LogP contribution in [0.25, 0.3) is 11.8 Å². The van der Waals surface area contributed by atoms with Gasteiger partial charge in [0.05, 0.1) is 5.69 Å². The first-order chi connectivity index (χ1) is 7.77. The lowest BCUT2D eigenvalue weighted by molar-refractivity contribution is -0.112. The van der Waals surface area contributed by atoms with Crippen molar-refractivity contribution >= 4 is 11.9 Å². The zero-order valence-corrected chi connectivity index (χ0v) is 9.00. The Morgan fingerprint density at radius 3 is 2.81 bits per heavy atom. The smallest absolute Gasteiger partial charge is 0.152 e. The molecule has 0 radical (unpaired) electrons. The van der Waals surface area contributed by atoms with E-state index in [0.717, 1.165) is 11.3 Å². The first kappa shape index (κ1) is 10.4. The lowest BCUT2D eigenvalue weighted by Gasteiger charge is -2.05. The van der Waals surface area contributed by atoms with Gasteiger partial charge >= 0.3 is 0 Å². The summed E-state index contributed by atoms with van der Waals surface area (Å²) in [6, 6.07) is 9.67. The molecule has 0 bridgehead atoms. The van der Waals surface area contributed by atoms with Crippen LogP contribution in [-0.2, 0) is 4.79 Å². The molecule has 3 nitrogen and oxygen atoms in total. The van der Waals surface area contributed by atoms with E-state index in [1.165, 1.54) is 6.92 Å². The minimum absolute atomic E-state index is 0.0373. The van der Waals surface area contributed by atoms with Crippen LogP contribution in [0, 0.1) is 0 Å². The highest BCUT2D eigenvalue weighted by Gasteiger charge is 2.00. The van der Waals surface area contributed by atoms with Crippen LogP contribution in [0.2, 0.25) is 0 Å². The lowest BCUT2D eigenvalue weighted by Crippen LogP contribution is -1.96. The Morgan fingerprint density at radius 1 is 1.31 bits per heavy atom. The molecule has 0 aliphatic carbocycles. The molecule has 0 aliphatic heterocycles. The second-order valence-corrected chi connectivity index (χ2v) is 3.45. The van der Waals surface area contributed by atoms with Gasteiger partial charge in [-0.2, -0.15) is 5.10 Å². The fourth-order valence-corrected chi connectivity index (χ4v) is 1.46. The van der Waals surface area contributed by atoms with Crippen molar-refractivity contribution in [2.75, 3.05) is 0 Å². The standard InChI is InChI=1S/C13H12N2O/c1-11(16)7-8-12-5-2-3-6-13(12)15-10-4-9-14-15/h2-10H,1H3/b8-7+. The van der Waals surface area contributed by atoms with E-state index < -0.39 is 0 Å². The maximum absolute atomic E-state index is 10.9. The van der Waals surface area contributed by atoms with Gasteiger partial charge in [0.1, 0.15) is 0 Å². The zero-order chi connectivity index (χ0) is 11.4. The molecule has 0 saturated carbocycles. The Labute approximate surface area is 94.0 Å². The van der Waals surface area contributed by atoms with Gasteiger partial charge in [-0.25, -0.2) is 4.68 Å². The summed E-state index contributed by atoms with van der Waals surface area (Å²) in [5, 5.41) is 4.17. The van der Waals surface area contributed by atoms with Crippen molar-refractivity contribution in [2.45, 2.75) is 6.92 Å². The molecule has 3 heteroatoms. The molecule has 16 heavy (non-hydrogen) atoms. The monoisotopic (exact) mass is 212 g/mol. The van der Waals surface area contributed by atoms with E-state index in [2.05, 4.69) is 5.10 Å². The molecule has 0 aliphatic rings. The second-order valence-electron chi connectivity index (χ2n) is 3.45. The molecule has 80 valence electrons. The highest BCUT2D eigenvalue weighted by Crippen LogP contribution is 2.14. The molecule has 0 amide bonds. The Bertz CT molecular complexity index is 512. The fourth-order valence-electron chi connectivity index (χ4n) is 1.46. The highest BCUT2D eigenvalue weighted by molar-refractivity contribution is 5.92. The number of hydrogen-bond acceptors (Lipinski definition) is 2. The summed E-state index contributed by atoms with van der Waals surface area (Å²) in [5.41, 5.74) is 1.94. The van der Waals surface area contributed by atoms with E-state index in [1.54, 1.807) is 23.0 Å². The third kappa shape index (κ3) is 2.25. The van der Waals surface area contributed by atoms with Crippen molar-refractivity contribution < 1.29 is 4.79 Å². The van der Waals surface area contributed by atoms with Crippen molar-refractivity contribution in [3.8, 4) is 5.69 Å². The molecule has 2 aromatic rings. The van der Waals surface area contributed by atoms with Crippen LogP contribution in [0.5, 0.6) is 0 Å². The molecule has 1 heterocycles. The number of aromatic nitrogens is 2. The van der Waals surface area contributed by atoms with Crippen LogP contribution >= 0.6 is 0 Å². The van der Waals surface area contributed by atoms with Gasteiger partial charge in [0.15, 0.2) is 5.78 Å². The first-order valence-electron chi connectivity index (χ1n) is 5.05. The number of hydrogen-bond donors (Lipinski definition) is 0. The normalized spacial score (nSPS) is 10.8. The maximum Gasteiger partial charge on any atom is 0.152 e. The first-order valence-corrected chi connectivity index (χ1v) is 5.05. The summed E-state index contributed by atoms with van der Waals surface area (Å²) in [7, 11) is 0. The molecule has 0 unspecified atom stereocenters. The van der Waals surface area contributed by atoms with Crippen LogP contribution in [-0.4, -0.2) is 15.6 Å². The van der Waals surface area contributed by atoms with Gasteiger partial charge in [0.25, 0.3) is 0 Å². The number of rotatable bonds is 3. The average molecular weight is 212 g/mol. The SMILES string of the molecule is CC(=O)/C=C/c1ccccc1-n1cccn1. The van der Waals surface area contributed by atoms with Gasteiger partial charge in [-0.05, 0) is 31.2 Å². The zero-order valence-electron chi connectivity index (χ0n) is 9.00. The lowest BCUT2D eigenvalue weighted by atomic mass is 10.1. The van der Waals surface area contributed by atoms with Gasteiger partial charge in [-0.15, -0.1) is 0 Å². The van der Waals surface area contributed by atoms with Crippen molar-refractivity contribution in [2.24, 2.45) is 0 Å². The third-order valence-corrected chi connectivity index (χ3v) is 2.19. The summed E-state index contributed by atoms with van der Waals surface area (Å²) < 4.78 is 1.78. The molecule has 0 fully saturated rings. The number of benzene rings is 1. The molecule has 2 rings (SSSR count). The van der Waals surface area contributed by atoms with Crippen LogP contribution < -0.4 is 0 Å². The molecule has 0 saturated heterocycles. The minimum atomic E-state index is 0.0373. The van der Waals surface area contributed by atoms with Crippen molar-refractivity contribution in [1.82, 2.24) is 9.78 Å². The van der Waals surface area contributed by atoms with Crippen molar-refractivity contribution in [1.29, 1.82) is 0 Å². The molecule has 0 N–H and O–H groups in total. The molecule has 0 atom stereocenters. The summed E-state index contributed by atoms with van der Waals surface area (Å²) in [5.74, 6) is 0.0373. The molecule has 1 aromatic heterocycles. The third-order valence-electron chi connectivity index (χ3n) is 2.19. The van der Waals surface area contributed by atoms with Crippen LogP contribution in [0.4, 0.5) is 0 Å². The van der Waals surface area contributed by atoms with Crippen LogP contribution in [0.1, 0.15) is 12.5 Å². The minimum Gasteiger partial charge on any atom is -0.295 e. The number of para-hydroxylation sites is 1. The van der Waals surface area contributed by atoms with Gasteiger partial charge in [0.2, 0.25) is 0 Å². The van der Waals surface area contributed by atoms with E-state index in [9.17, 15) is 4.79 Å². The van der Waals surface area contributed by atoms with E-state index in [4.69, 9.17) is 0 Å². The number of nitrogens with zero attached hydrogens (tertiary/aromatic N) is 2. The van der Waals surface area contributed by atoms with E-state index in [-0.39, 0.29) is 5.78 Å².